The van der Waals surface area contributed by atoms with E-state index in [-0.39, 0.29) is 24.5 Å². The van der Waals surface area contributed by atoms with Crippen LogP contribution in [0.25, 0.3) is 0 Å². The molecule has 1 fully saturated rings. The third kappa shape index (κ3) is 2.65. The molecule has 6 heteroatoms. The van der Waals surface area contributed by atoms with Crippen LogP contribution < -0.4 is 10.6 Å². The minimum absolute atomic E-state index is 0.0691. The number of quaternary nitrogens is 1. The van der Waals surface area contributed by atoms with Crippen LogP contribution in [0.2, 0.25) is 0 Å². The Morgan fingerprint density at radius 2 is 2.53 bits per heavy atom. The number of carbonyl (C=O) groups is 2. The zero-order chi connectivity index (χ0) is 12.3. The second-order valence-electron chi connectivity index (χ2n) is 4.02. The summed E-state index contributed by atoms with van der Waals surface area (Å²) in [6.45, 7) is 3.20. The van der Waals surface area contributed by atoms with Crippen LogP contribution in [-0.4, -0.2) is 36.5 Å². The number of nitrogens with two attached hydrogens (primary N) is 1. The topological polar surface area (TPSA) is 79.2 Å². The molecule has 1 aliphatic heterocycles. The lowest BCUT2D eigenvalue weighted by molar-refractivity contribution is -0.684. The maximum Gasteiger partial charge on any atom is 0.324 e. The molecule has 2 rings (SSSR count). The lowest BCUT2D eigenvalue weighted by atomic mass is 10.2. The zero-order valence-electron chi connectivity index (χ0n) is 9.68. The minimum Gasteiger partial charge on any atom is -0.463 e. The zero-order valence-corrected chi connectivity index (χ0v) is 9.68. The molecule has 1 atom stereocenters. The molecule has 3 amide bonds. The van der Waals surface area contributed by atoms with Gasteiger partial charge in [0.1, 0.15) is 6.04 Å². The van der Waals surface area contributed by atoms with Crippen molar-refractivity contribution in [3.8, 4) is 0 Å². The van der Waals surface area contributed by atoms with Gasteiger partial charge in [0.2, 0.25) is 0 Å². The van der Waals surface area contributed by atoms with Crippen LogP contribution in [0.15, 0.2) is 22.8 Å². The van der Waals surface area contributed by atoms with Gasteiger partial charge in [-0.2, -0.15) is 0 Å². The summed E-state index contributed by atoms with van der Waals surface area (Å²) < 4.78 is 5.24. The smallest absolute Gasteiger partial charge is 0.324 e. The van der Waals surface area contributed by atoms with Gasteiger partial charge in [-0.1, -0.05) is 0 Å². The highest BCUT2D eigenvalue weighted by Gasteiger charge is 2.27. The third-order valence-electron chi connectivity index (χ3n) is 2.80. The lowest BCUT2D eigenvalue weighted by Crippen LogP contribution is -2.87. The molecule has 0 spiro atoms. The average Bonchev–Trinajstić information content (AvgIpc) is 2.95. The van der Waals surface area contributed by atoms with Gasteiger partial charge < -0.3 is 15.1 Å². The van der Waals surface area contributed by atoms with Crippen LogP contribution in [0, 0.1) is 0 Å². The molecule has 0 aromatic carbocycles. The number of hydrogen-bond donors (Lipinski definition) is 2. The summed E-state index contributed by atoms with van der Waals surface area (Å²) >= 11 is 0. The fraction of sp³-hybridized carbons (Fsp3) is 0.455. The highest BCUT2D eigenvalue weighted by atomic mass is 16.3. The Morgan fingerprint density at radius 1 is 1.71 bits per heavy atom. The van der Waals surface area contributed by atoms with E-state index in [1.165, 1.54) is 4.90 Å². The summed E-state index contributed by atoms with van der Waals surface area (Å²) in [6.07, 6.45) is 1.61. The number of urea groups is 1. The van der Waals surface area contributed by atoms with Crippen molar-refractivity contribution in [3.05, 3.63) is 24.2 Å². The van der Waals surface area contributed by atoms with Gasteiger partial charge in [-0.05, 0) is 19.1 Å². The standard InChI is InChI=1S/C11H15N3O3/c1-8(9-3-2-6-17-9)13-7-10(15)14-5-4-12-11(14)16/h2-3,6,8,13H,4-5,7H2,1H3,(H,12,16)/p+1/t8-/m0/s1. The number of furan rings is 1. The summed E-state index contributed by atoms with van der Waals surface area (Å²) in [4.78, 5) is 24.2. The van der Waals surface area contributed by atoms with Gasteiger partial charge in [0.25, 0.3) is 5.91 Å². The largest absolute Gasteiger partial charge is 0.463 e. The molecule has 0 unspecified atom stereocenters. The molecule has 0 saturated carbocycles. The number of rotatable bonds is 4. The van der Waals surface area contributed by atoms with Gasteiger partial charge in [0.05, 0.1) is 6.26 Å². The second kappa shape index (κ2) is 5.01. The number of carbonyl (C=O) groups excluding carboxylic acids is 2. The molecule has 92 valence electrons. The number of amides is 3. The fourth-order valence-electron chi connectivity index (χ4n) is 1.76. The van der Waals surface area contributed by atoms with E-state index >= 15 is 0 Å². The van der Waals surface area contributed by atoms with Crippen LogP contribution in [0.3, 0.4) is 0 Å². The molecule has 6 nitrogen and oxygen atoms in total. The molecule has 3 N–H and O–H groups in total. The lowest BCUT2D eigenvalue weighted by Gasteiger charge is -2.12. The van der Waals surface area contributed by atoms with Crippen molar-refractivity contribution in [2.45, 2.75) is 13.0 Å². The molecule has 0 radical (unpaired) electrons. The van der Waals surface area contributed by atoms with Gasteiger partial charge in [-0.25, -0.2) is 4.79 Å². The van der Waals surface area contributed by atoms with Crippen molar-refractivity contribution in [1.82, 2.24) is 10.2 Å². The molecule has 2 heterocycles. The van der Waals surface area contributed by atoms with E-state index in [2.05, 4.69) is 5.32 Å². The highest BCUT2D eigenvalue weighted by Crippen LogP contribution is 2.07. The van der Waals surface area contributed by atoms with Gasteiger partial charge in [-0.15, -0.1) is 0 Å². The van der Waals surface area contributed by atoms with Crippen molar-refractivity contribution in [3.63, 3.8) is 0 Å². The summed E-state index contributed by atoms with van der Waals surface area (Å²) in [5.41, 5.74) is 0. The first-order chi connectivity index (χ1) is 8.18. The van der Waals surface area contributed by atoms with E-state index < -0.39 is 0 Å². The van der Waals surface area contributed by atoms with Crippen molar-refractivity contribution in [1.29, 1.82) is 0 Å². The molecule has 0 bridgehead atoms. The summed E-state index contributed by atoms with van der Waals surface area (Å²) in [7, 11) is 0. The molecule has 1 aliphatic rings. The quantitative estimate of drug-likeness (QED) is 0.739. The summed E-state index contributed by atoms with van der Waals surface area (Å²) in [5, 5.41) is 4.45. The summed E-state index contributed by atoms with van der Waals surface area (Å²) in [5.74, 6) is 0.655. The molecule has 1 saturated heterocycles. The minimum atomic E-state index is -0.297. The number of nitrogens with zero attached hydrogens (tertiary/aromatic N) is 1. The maximum absolute atomic E-state index is 11.7. The van der Waals surface area contributed by atoms with E-state index in [1.807, 2.05) is 24.4 Å². The normalized spacial score (nSPS) is 17.0. The van der Waals surface area contributed by atoms with E-state index in [4.69, 9.17) is 4.42 Å². The second-order valence-corrected chi connectivity index (χ2v) is 4.02. The number of imide groups is 1. The Balaban J connectivity index is 1.82. The Hall–Kier alpha value is -1.82. The SMILES string of the molecule is C[C@H]([NH2+]CC(=O)N1CCNC1=O)c1ccco1. The Bertz CT molecular complexity index is 402. The predicted molar refractivity (Wildman–Crippen MR) is 59.0 cm³/mol. The molecular weight excluding hydrogens is 222 g/mol. The summed E-state index contributed by atoms with van der Waals surface area (Å²) in [6, 6.07) is 3.46. The van der Waals surface area contributed by atoms with Gasteiger partial charge in [0.15, 0.2) is 12.3 Å². The number of nitrogens with one attached hydrogen (secondary N) is 1. The molecule has 1 aromatic rings. The van der Waals surface area contributed by atoms with Crippen molar-refractivity contribution in [2.24, 2.45) is 0 Å². The average molecular weight is 238 g/mol. The fourth-order valence-corrected chi connectivity index (χ4v) is 1.76. The van der Waals surface area contributed by atoms with Crippen LogP contribution in [0.4, 0.5) is 4.79 Å². The molecule has 0 aliphatic carbocycles. The van der Waals surface area contributed by atoms with E-state index in [0.29, 0.717) is 13.1 Å². The van der Waals surface area contributed by atoms with E-state index in [0.717, 1.165) is 5.76 Å². The van der Waals surface area contributed by atoms with Crippen molar-refractivity contribution >= 4 is 11.9 Å². The van der Waals surface area contributed by atoms with Gasteiger partial charge in [-0.3, -0.25) is 9.69 Å². The number of hydrogen-bond acceptors (Lipinski definition) is 3. The highest BCUT2D eigenvalue weighted by molar-refractivity contribution is 5.96. The van der Waals surface area contributed by atoms with E-state index in [9.17, 15) is 9.59 Å². The Morgan fingerprint density at radius 3 is 3.12 bits per heavy atom. The van der Waals surface area contributed by atoms with Gasteiger partial charge >= 0.3 is 6.03 Å². The van der Waals surface area contributed by atoms with E-state index in [1.54, 1.807) is 6.26 Å². The molecular formula is C11H16N3O3+. The first-order valence-corrected chi connectivity index (χ1v) is 5.63. The van der Waals surface area contributed by atoms with Crippen molar-refractivity contribution in [2.75, 3.05) is 19.6 Å². The Labute approximate surface area is 99.0 Å². The predicted octanol–water partition coefficient (Wildman–Crippen LogP) is -0.544. The Kier molecular flexibility index (Phi) is 3.43. The van der Waals surface area contributed by atoms with Crippen LogP contribution in [0.1, 0.15) is 18.7 Å². The van der Waals surface area contributed by atoms with Gasteiger partial charge in [0, 0.05) is 13.1 Å². The van der Waals surface area contributed by atoms with Crippen LogP contribution >= 0.6 is 0 Å². The first kappa shape index (κ1) is 11.7. The third-order valence-corrected chi connectivity index (χ3v) is 2.80. The van der Waals surface area contributed by atoms with Crippen LogP contribution in [-0.2, 0) is 4.79 Å². The van der Waals surface area contributed by atoms with Crippen LogP contribution in [0.5, 0.6) is 0 Å². The monoisotopic (exact) mass is 238 g/mol. The molecule has 1 aromatic heterocycles. The maximum atomic E-state index is 11.7. The van der Waals surface area contributed by atoms with Crippen molar-refractivity contribution < 1.29 is 19.3 Å². The molecule has 17 heavy (non-hydrogen) atoms. The first-order valence-electron chi connectivity index (χ1n) is 5.63.